The predicted molar refractivity (Wildman–Crippen MR) is 71.1 cm³/mol. The van der Waals surface area contributed by atoms with Crippen molar-refractivity contribution in [1.29, 1.82) is 0 Å². The maximum absolute atomic E-state index is 12.1. The quantitative estimate of drug-likeness (QED) is 0.861. The minimum Gasteiger partial charge on any atom is -0.337 e. The maximum Gasteiger partial charge on any atom is 0.272 e. The van der Waals surface area contributed by atoms with E-state index in [0.29, 0.717) is 31.6 Å². The first kappa shape index (κ1) is 14.0. The minimum atomic E-state index is -3.18. The first-order valence-corrected chi connectivity index (χ1v) is 8.02. The molecule has 1 aliphatic rings. The van der Waals surface area contributed by atoms with Crippen LogP contribution < -0.4 is 4.72 Å². The number of rotatable bonds is 3. The Bertz CT molecular complexity index is 537. The first-order chi connectivity index (χ1) is 8.96. The van der Waals surface area contributed by atoms with Crippen LogP contribution in [0.5, 0.6) is 0 Å². The van der Waals surface area contributed by atoms with E-state index in [1.165, 1.54) is 0 Å². The molecule has 0 bridgehead atoms. The normalized spacial score (nSPS) is 17.4. The largest absolute Gasteiger partial charge is 0.337 e. The molecule has 1 aromatic rings. The molecular formula is C12H17N3O3S. The molecular weight excluding hydrogens is 266 g/mol. The maximum atomic E-state index is 12.1. The van der Waals surface area contributed by atoms with Crippen molar-refractivity contribution in [2.75, 3.05) is 19.3 Å². The molecule has 0 unspecified atom stereocenters. The summed E-state index contributed by atoms with van der Waals surface area (Å²) >= 11 is 0. The molecule has 1 fully saturated rings. The smallest absolute Gasteiger partial charge is 0.272 e. The number of likely N-dealkylation sites (tertiary alicyclic amines) is 1. The average Bonchev–Trinajstić information content (AvgIpc) is 2.38. The fourth-order valence-corrected chi connectivity index (χ4v) is 3.00. The van der Waals surface area contributed by atoms with Crippen molar-refractivity contribution >= 4 is 15.9 Å². The van der Waals surface area contributed by atoms with Crippen LogP contribution in [-0.2, 0) is 10.0 Å². The number of amides is 1. The molecule has 1 aliphatic heterocycles. The Morgan fingerprint density at radius 2 is 2.05 bits per heavy atom. The molecule has 1 saturated heterocycles. The summed E-state index contributed by atoms with van der Waals surface area (Å²) in [7, 11) is -3.18. The van der Waals surface area contributed by atoms with E-state index in [0.717, 1.165) is 6.26 Å². The summed E-state index contributed by atoms with van der Waals surface area (Å²) in [5, 5.41) is 0. The lowest BCUT2D eigenvalue weighted by Crippen LogP contribution is -2.46. The van der Waals surface area contributed by atoms with Crippen molar-refractivity contribution in [3.63, 3.8) is 0 Å². The van der Waals surface area contributed by atoms with Crippen molar-refractivity contribution in [2.24, 2.45) is 0 Å². The monoisotopic (exact) mass is 283 g/mol. The highest BCUT2D eigenvalue weighted by Gasteiger charge is 2.25. The average molecular weight is 283 g/mol. The molecule has 1 N–H and O–H groups in total. The van der Waals surface area contributed by atoms with Crippen LogP contribution >= 0.6 is 0 Å². The molecule has 1 amide bonds. The Labute approximate surface area is 112 Å². The molecule has 0 spiro atoms. The molecule has 2 heterocycles. The van der Waals surface area contributed by atoms with Gasteiger partial charge < -0.3 is 4.90 Å². The van der Waals surface area contributed by atoms with E-state index in [1.807, 2.05) is 0 Å². The van der Waals surface area contributed by atoms with E-state index in [-0.39, 0.29) is 11.9 Å². The van der Waals surface area contributed by atoms with Gasteiger partial charge in [-0.1, -0.05) is 6.07 Å². The molecule has 0 atom stereocenters. The molecule has 104 valence electrons. The summed E-state index contributed by atoms with van der Waals surface area (Å²) in [6.07, 6.45) is 4.00. The van der Waals surface area contributed by atoms with E-state index in [2.05, 4.69) is 9.71 Å². The molecule has 0 saturated carbocycles. The van der Waals surface area contributed by atoms with Crippen LogP contribution in [0, 0.1) is 0 Å². The third-order valence-corrected chi connectivity index (χ3v) is 3.81. The summed E-state index contributed by atoms with van der Waals surface area (Å²) < 4.78 is 24.8. The first-order valence-electron chi connectivity index (χ1n) is 6.13. The van der Waals surface area contributed by atoms with Gasteiger partial charge in [-0.25, -0.2) is 13.1 Å². The lowest BCUT2D eigenvalue weighted by molar-refractivity contribution is 0.0705. The number of aromatic nitrogens is 1. The summed E-state index contributed by atoms with van der Waals surface area (Å²) in [4.78, 5) is 17.9. The van der Waals surface area contributed by atoms with Gasteiger partial charge in [0, 0.05) is 25.3 Å². The highest BCUT2D eigenvalue weighted by molar-refractivity contribution is 7.88. The van der Waals surface area contributed by atoms with Gasteiger partial charge in [-0.3, -0.25) is 9.78 Å². The number of nitrogens with zero attached hydrogens (tertiary/aromatic N) is 2. The minimum absolute atomic E-state index is 0.0808. The highest BCUT2D eigenvalue weighted by Crippen LogP contribution is 2.13. The number of carbonyl (C=O) groups excluding carboxylic acids is 1. The SMILES string of the molecule is CS(=O)(=O)NC1CCN(C(=O)c2ccccn2)CC1. The van der Waals surface area contributed by atoms with Crippen LogP contribution in [0.4, 0.5) is 0 Å². The van der Waals surface area contributed by atoms with Gasteiger partial charge in [0.15, 0.2) is 0 Å². The second kappa shape index (κ2) is 5.66. The fourth-order valence-electron chi connectivity index (χ4n) is 2.15. The number of piperidine rings is 1. The van der Waals surface area contributed by atoms with E-state index in [1.54, 1.807) is 29.3 Å². The number of carbonyl (C=O) groups is 1. The third kappa shape index (κ3) is 4.00. The van der Waals surface area contributed by atoms with E-state index in [9.17, 15) is 13.2 Å². The summed E-state index contributed by atoms with van der Waals surface area (Å²) in [6.45, 7) is 1.09. The van der Waals surface area contributed by atoms with Crippen molar-refractivity contribution in [2.45, 2.75) is 18.9 Å². The zero-order valence-corrected chi connectivity index (χ0v) is 11.6. The molecule has 6 nitrogen and oxygen atoms in total. The van der Waals surface area contributed by atoms with Crippen molar-refractivity contribution in [3.05, 3.63) is 30.1 Å². The van der Waals surface area contributed by atoms with Crippen molar-refractivity contribution in [1.82, 2.24) is 14.6 Å². The lowest BCUT2D eigenvalue weighted by Gasteiger charge is -2.31. The Balaban J connectivity index is 1.92. The summed E-state index contributed by atoms with van der Waals surface area (Å²) in [5.41, 5.74) is 0.428. The topological polar surface area (TPSA) is 79.4 Å². The van der Waals surface area contributed by atoms with Gasteiger partial charge in [0.1, 0.15) is 5.69 Å². The van der Waals surface area contributed by atoms with Crippen LogP contribution in [-0.4, -0.2) is 49.6 Å². The predicted octanol–water partition coefficient (Wildman–Crippen LogP) is 0.235. The van der Waals surface area contributed by atoms with Crippen molar-refractivity contribution < 1.29 is 13.2 Å². The van der Waals surface area contributed by atoms with Gasteiger partial charge in [-0.15, -0.1) is 0 Å². The van der Waals surface area contributed by atoms with Crippen LogP contribution in [0.1, 0.15) is 23.3 Å². The number of hydrogen-bond acceptors (Lipinski definition) is 4. The molecule has 0 aliphatic carbocycles. The molecule has 7 heteroatoms. The Kier molecular flexibility index (Phi) is 4.16. The van der Waals surface area contributed by atoms with Crippen LogP contribution in [0.3, 0.4) is 0 Å². The Morgan fingerprint density at radius 3 is 2.58 bits per heavy atom. The Hall–Kier alpha value is -1.47. The van der Waals surface area contributed by atoms with Gasteiger partial charge in [-0.2, -0.15) is 0 Å². The molecule has 0 radical (unpaired) electrons. The second-order valence-corrected chi connectivity index (χ2v) is 6.45. The Morgan fingerprint density at radius 1 is 1.37 bits per heavy atom. The van der Waals surface area contributed by atoms with Gasteiger partial charge in [-0.05, 0) is 25.0 Å². The van der Waals surface area contributed by atoms with Crippen LogP contribution in [0.15, 0.2) is 24.4 Å². The summed E-state index contributed by atoms with van der Waals surface area (Å²) in [6, 6.07) is 5.14. The standard InChI is InChI=1S/C12H17N3O3S/c1-19(17,18)14-10-5-8-15(9-6-10)12(16)11-4-2-3-7-13-11/h2-4,7,10,14H,5-6,8-9H2,1H3. The number of pyridine rings is 1. The third-order valence-electron chi connectivity index (χ3n) is 3.05. The van der Waals surface area contributed by atoms with Crippen molar-refractivity contribution in [3.8, 4) is 0 Å². The zero-order valence-electron chi connectivity index (χ0n) is 10.7. The second-order valence-electron chi connectivity index (χ2n) is 4.67. The number of nitrogens with one attached hydrogen (secondary N) is 1. The fraction of sp³-hybridized carbons (Fsp3) is 0.500. The van der Waals surface area contributed by atoms with Gasteiger partial charge >= 0.3 is 0 Å². The molecule has 19 heavy (non-hydrogen) atoms. The van der Waals surface area contributed by atoms with Crippen LogP contribution in [0.25, 0.3) is 0 Å². The van der Waals surface area contributed by atoms with E-state index >= 15 is 0 Å². The molecule has 1 aromatic heterocycles. The van der Waals surface area contributed by atoms with E-state index < -0.39 is 10.0 Å². The summed E-state index contributed by atoms with van der Waals surface area (Å²) in [5.74, 6) is -0.0987. The number of hydrogen-bond donors (Lipinski definition) is 1. The number of sulfonamides is 1. The molecule has 0 aromatic carbocycles. The van der Waals surface area contributed by atoms with Gasteiger partial charge in [0.05, 0.1) is 6.26 Å². The zero-order chi connectivity index (χ0) is 13.9. The molecule has 2 rings (SSSR count). The van der Waals surface area contributed by atoms with Crippen LogP contribution in [0.2, 0.25) is 0 Å². The lowest BCUT2D eigenvalue weighted by atomic mass is 10.1. The van der Waals surface area contributed by atoms with E-state index in [4.69, 9.17) is 0 Å². The van der Waals surface area contributed by atoms with Gasteiger partial charge in [0.25, 0.3) is 5.91 Å². The highest BCUT2D eigenvalue weighted by atomic mass is 32.2. The van der Waals surface area contributed by atoms with Gasteiger partial charge in [0.2, 0.25) is 10.0 Å².